The van der Waals surface area contributed by atoms with Crippen molar-refractivity contribution in [2.75, 3.05) is 13.1 Å². The summed E-state index contributed by atoms with van der Waals surface area (Å²) in [6.45, 7) is 5.74. The van der Waals surface area contributed by atoms with Crippen molar-refractivity contribution in [1.29, 1.82) is 0 Å². The lowest BCUT2D eigenvalue weighted by molar-refractivity contribution is -0.148. The Bertz CT molecular complexity index is 440. The Morgan fingerprint density at radius 1 is 1.26 bits per heavy atom. The lowest BCUT2D eigenvalue weighted by Gasteiger charge is -2.36. The zero-order chi connectivity index (χ0) is 14.2. The highest BCUT2D eigenvalue weighted by Gasteiger charge is 2.40. The summed E-state index contributed by atoms with van der Waals surface area (Å²) in [5.41, 5.74) is 5.73. The zero-order valence-electron chi connectivity index (χ0n) is 11.0. The van der Waals surface area contributed by atoms with Crippen LogP contribution in [0.5, 0.6) is 0 Å². The SMILES string of the molecule is CC(C)C(CN)N1CCn2c(nnc2C(F)(F)F)C1. The molecule has 0 saturated carbocycles. The molecule has 0 aliphatic carbocycles. The zero-order valence-corrected chi connectivity index (χ0v) is 11.0. The van der Waals surface area contributed by atoms with E-state index in [4.69, 9.17) is 5.73 Å². The van der Waals surface area contributed by atoms with Gasteiger partial charge in [0.1, 0.15) is 5.82 Å². The maximum Gasteiger partial charge on any atom is 0.451 e. The van der Waals surface area contributed by atoms with Gasteiger partial charge in [0.05, 0.1) is 6.54 Å². The van der Waals surface area contributed by atoms with Crippen LogP contribution in [0.15, 0.2) is 0 Å². The predicted octanol–water partition coefficient (Wildman–Crippen LogP) is 1.10. The molecule has 1 unspecified atom stereocenters. The first-order chi connectivity index (χ1) is 8.84. The smallest absolute Gasteiger partial charge is 0.329 e. The Morgan fingerprint density at radius 2 is 1.95 bits per heavy atom. The van der Waals surface area contributed by atoms with Crippen molar-refractivity contribution in [2.45, 2.75) is 39.2 Å². The molecule has 0 spiro atoms. The number of halogens is 3. The van der Waals surface area contributed by atoms with Gasteiger partial charge in [-0.2, -0.15) is 13.2 Å². The normalized spacial score (nSPS) is 18.7. The van der Waals surface area contributed by atoms with Crippen LogP contribution in [0.25, 0.3) is 0 Å². The van der Waals surface area contributed by atoms with Crippen LogP contribution >= 0.6 is 0 Å². The Kier molecular flexibility index (Phi) is 3.82. The van der Waals surface area contributed by atoms with Crippen LogP contribution in [-0.4, -0.2) is 38.8 Å². The van der Waals surface area contributed by atoms with Crippen molar-refractivity contribution in [3.05, 3.63) is 11.6 Å². The number of hydrogen-bond acceptors (Lipinski definition) is 4. The number of nitrogens with zero attached hydrogens (tertiary/aromatic N) is 4. The van der Waals surface area contributed by atoms with Gasteiger partial charge in [-0.25, -0.2) is 0 Å². The van der Waals surface area contributed by atoms with Gasteiger partial charge in [0.15, 0.2) is 0 Å². The van der Waals surface area contributed by atoms with Gasteiger partial charge in [-0.05, 0) is 5.92 Å². The number of nitrogens with two attached hydrogens (primary N) is 1. The van der Waals surface area contributed by atoms with Gasteiger partial charge >= 0.3 is 6.18 Å². The highest BCUT2D eigenvalue weighted by Crippen LogP contribution is 2.30. The Labute approximate surface area is 109 Å². The minimum absolute atomic E-state index is 0.153. The standard InChI is InChI=1S/C11H18F3N5/c1-7(2)8(5-15)18-3-4-19-9(6-18)16-17-10(19)11(12,13)14/h7-8H,3-6,15H2,1-2H3. The summed E-state index contributed by atoms with van der Waals surface area (Å²) in [7, 11) is 0. The number of rotatable bonds is 3. The molecule has 1 aromatic heterocycles. The van der Waals surface area contributed by atoms with E-state index in [1.165, 1.54) is 0 Å². The molecule has 0 saturated heterocycles. The molecule has 1 aliphatic rings. The molecule has 2 rings (SSSR count). The van der Waals surface area contributed by atoms with E-state index in [-0.39, 0.29) is 12.6 Å². The number of aromatic nitrogens is 3. The minimum Gasteiger partial charge on any atom is -0.329 e. The first kappa shape index (κ1) is 14.3. The van der Waals surface area contributed by atoms with Crippen molar-refractivity contribution in [3.8, 4) is 0 Å². The van der Waals surface area contributed by atoms with E-state index in [1.807, 2.05) is 0 Å². The van der Waals surface area contributed by atoms with Gasteiger partial charge in [0, 0.05) is 25.7 Å². The molecule has 0 radical (unpaired) electrons. The van der Waals surface area contributed by atoms with Crippen LogP contribution in [0.2, 0.25) is 0 Å². The summed E-state index contributed by atoms with van der Waals surface area (Å²) in [5.74, 6) is -0.199. The average Bonchev–Trinajstić information content (AvgIpc) is 2.71. The highest BCUT2D eigenvalue weighted by atomic mass is 19.4. The number of alkyl halides is 3. The Morgan fingerprint density at radius 3 is 2.47 bits per heavy atom. The van der Waals surface area contributed by atoms with Gasteiger partial charge in [-0.15, -0.1) is 10.2 Å². The Hall–Kier alpha value is -1.15. The van der Waals surface area contributed by atoms with E-state index in [9.17, 15) is 13.2 Å². The molecule has 0 aromatic carbocycles. The predicted molar refractivity (Wildman–Crippen MR) is 63.1 cm³/mol. The molecule has 1 aromatic rings. The third-order valence-electron chi connectivity index (χ3n) is 3.52. The van der Waals surface area contributed by atoms with Crippen molar-refractivity contribution in [3.63, 3.8) is 0 Å². The molecular weight excluding hydrogens is 259 g/mol. The second-order valence-corrected chi connectivity index (χ2v) is 5.11. The van der Waals surface area contributed by atoms with Crippen molar-refractivity contribution >= 4 is 0 Å². The Balaban J connectivity index is 2.20. The van der Waals surface area contributed by atoms with E-state index in [0.29, 0.717) is 31.4 Å². The highest BCUT2D eigenvalue weighted by molar-refractivity contribution is 5.03. The van der Waals surface area contributed by atoms with Crippen molar-refractivity contribution in [2.24, 2.45) is 11.7 Å². The van der Waals surface area contributed by atoms with E-state index >= 15 is 0 Å². The van der Waals surface area contributed by atoms with Gasteiger partial charge in [0.2, 0.25) is 5.82 Å². The lowest BCUT2D eigenvalue weighted by atomic mass is 10.0. The molecule has 0 bridgehead atoms. The van der Waals surface area contributed by atoms with Gasteiger partial charge in [0.25, 0.3) is 0 Å². The molecule has 0 fully saturated rings. The van der Waals surface area contributed by atoms with E-state index in [2.05, 4.69) is 28.9 Å². The van der Waals surface area contributed by atoms with Gasteiger partial charge in [-0.3, -0.25) is 4.90 Å². The fourth-order valence-electron chi connectivity index (χ4n) is 2.51. The monoisotopic (exact) mass is 277 g/mol. The van der Waals surface area contributed by atoms with Crippen LogP contribution in [-0.2, 0) is 19.3 Å². The lowest BCUT2D eigenvalue weighted by Crippen LogP contribution is -2.47. The molecule has 5 nitrogen and oxygen atoms in total. The fraction of sp³-hybridized carbons (Fsp3) is 0.818. The van der Waals surface area contributed by atoms with Crippen LogP contribution < -0.4 is 5.73 Å². The van der Waals surface area contributed by atoms with Crippen LogP contribution in [0, 0.1) is 5.92 Å². The fourth-order valence-corrected chi connectivity index (χ4v) is 2.51. The van der Waals surface area contributed by atoms with Crippen LogP contribution in [0.3, 0.4) is 0 Å². The van der Waals surface area contributed by atoms with Gasteiger partial charge in [-0.1, -0.05) is 13.8 Å². The largest absolute Gasteiger partial charge is 0.451 e. The van der Waals surface area contributed by atoms with E-state index in [0.717, 1.165) is 4.57 Å². The average molecular weight is 277 g/mol. The summed E-state index contributed by atoms with van der Waals surface area (Å²) in [4.78, 5) is 2.08. The number of fused-ring (bicyclic) bond motifs is 1. The molecule has 19 heavy (non-hydrogen) atoms. The maximum atomic E-state index is 12.7. The van der Waals surface area contributed by atoms with Crippen LogP contribution in [0.1, 0.15) is 25.5 Å². The molecule has 108 valence electrons. The topological polar surface area (TPSA) is 60.0 Å². The third kappa shape index (κ3) is 2.74. The first-order valence-corrected chi connectivity index (χ1v) is 6.28. The molecule has 0 amide bonds. The second-order valence-electron chi connectivity index (χ2n) is 5.11. The summed E-state index contributed by atoms with van der Waals surface area (Å²) in [5, 5.41) is 6.92. The van der Waals surface area contributed by atoms with Gasteiger partial charge < -0.3 is 10.3 Å². The molecular formula is C11H18F3N5. The molecule has 2 N–H and O–H groups in total. The first-order valence-electron chi connectivity index (χ1n) is 6.28. The minimum atomic E-state index is -4.45. The summed E-state index contributed by atoms with van der Waals surface area (Å²) >= 11 is 0. The summed E-state index contributed by atoms with van der Waals surface area (Å²) in [6, 6.07) is 0.153. The van der Waals surface area contributed by atoms with Crippen LogP contribution in [0.4, 0.5) is 13.2 Å². The quantitative estimate of drug-likeness (QED) is 0.898. The molecule has 1 atom stereocenters. The molecule has 2 heterocycles. The summed E-state index contributed by atoms with van der Waals surface area (Å²) < 4.78 is 39.3. The van der Waals surface area contributed by atoms with E-state index in [1.54, 1.807) is 0 Å². The number of hydrogen-bond donors (Lipinski definition) is 1. The molecule has 8 heteroatoms. The maximum absolute atomic E-state index is 12.7. The summed E-state index contributed by atoms with van der Waals surface area (Å²) in [6.07, 6.45) is -4.45. The van der Waals surface area contributed by atoms with Crippen molar-refractivity contribution < 1.29 is 13.2 Å². The van der Waals surface area contributed by atoms with E-state index < -0.39 is 12.0 Å². The second kappa shape index (κ2) is 5.09. The third-order valence-corrected chi connectivity index (χ3v) is 3.52. The molecule has 1 aliphatic heterocycles. The van der Waals surface area contributed by atoms with Crippen molar-refractivity contribution in [1.82, 2.24) is 19.7 Å².